The SMILES string of the molecule is CC(OC(=O)c1cc2sc(Nc3ccccc3)nc2s1)C(=O)Nc1cccnc1Cl. The number of thiazole rings is 1. The maximum Gasteiger partial charge on any atom is 0.349 e. The lowest BCUT2D eigenvalue weighted by Crippen LogP contribution is -2.29. The number of hydrogen-bond acceptors (Lipinski definition) is 8. The second kappa shape index (κ2) is 8.78. The summed E-state index contributed by atoms with van der Waals surface area (Å²) < 4.78 is 6.16. The number of benzene rings is 1. The monoisotopic (exact) mass is 458 g/mol. The van der Waals surface area contributed by atoms with Crippen LogP contribution in [0.2, 0.25) is 5.15 Å². The number of carbonyl (C=O) groups excluding carboxylic acids is 2. The zero-order valence-corrected chi connectivity index (χ0v) is 18.0. The average molecular weight is 459 g/mol. The molecule has 3 heterocycles. The molecule has 0 aliphatic rings. The summed E-state index contributed by atoms with van der Waals surface area (Å²) in [6.45, 7) is 1.49. The third-order valence-corrected chi connectivity index (χ3v) is 6.34. The first kappa shape index (κ1) is 20.3. The van der Waals surface area contributed by atoms with E-state index in [0.717, 1.165) is 20.3 Å². The molecule has 7 nitrogen and oxygen atoms in total. The third-order valence-electron chi connectivity index (χ3n) is 3.99. The van der Waals surface area contributed by atoms with Crippen LogP contribution in [0.1, 0.15) is 16.6 Å². The number of halogens is 1. The molecule has 3 aromatic heterocycles. The van der Waals surface area contributed by atoms with Crippen LogP contribution >= 0.6 is 34.3 Å². The summed E-state index contributed by atoms with van der Waals surface area (Å²) in [6.07, 6.45) is 0.510. The smallest absolute Gasteiger partial charge is 0.349 e. The number of pyridine rings is 1. The van der Waals surface area contributed by atoms with Gasteiger partial charge in [0.25, 0.3) is 5.91 Å². The number of ether oxygens (including phenoxy) is 1. The van der Waals surface area contributed by atoms with E-state index in [1.54, 1.807) is 18.2 Å². The van der Waals surface area contributed by atoms with Crippen molar-refractivity contribution in [1.82, 2.24) is 9.97 Å². The minimum absolute atomic E-state index is 0.161. The topological polar surface area (TPSA) is 93.2 Å². The second-order valence-electron chi connectivity index (χ2n) is 6.17. The lowest BCUT2D eigenvalue weighted by atomic mass is 10.3. The first-order valence-corrected chi connectivity index (χ1v) is 10.9. The van der Waals surface area contributed by atoms with Gasteiger partial charge in [-0.05, 0) is 37.3 Å². The quantitative estimate of drug-likeness (QED) is 0.299. The van der Waals surface area contributed by atoms with Crippen LogP contribution in [0, 0.1) is 0 Å². The Morgan fingerprint density at radius 2 is 1.93 bits per heavy atom. The molecule has 1 amide bonds. The summed E-state index contributed by atoms with van der Waals surface area (Å²) >= 11 is 8.59. The van der Waals surface area contributed by atoms with Crippen LogP contribution in [0.5, 0.6) is 0 Å². The Hall–Kier alpha value is -3.01. The normalized spacial score (nSPS) is 11.8. The average Bonchev–Trinajstić information content (AvgIpc) is 3.29. The number of amides is 1. The number of hydrogen-bond donors (Lipinski definition) is 2. The van der Waals surface area contributed by atoms with Crippen molar-refractivity contribution in [3.05, 3.63) is 64.8 Å². The van der Waals surface area contributed by atoms with Gasteiger partial charge < -0.3 is 15.4 Å². The van der Waals surface area contributed by atoms with Gasteiger partial charge in [-0.25, -0.2) is 14.8 Å². The first-order valence-electron chi connectivity index (χ1n) is 8.84. The van der Waals surface area contributed by atoms with Gasteiger partial charge in [0.05, 0.1) is 10.4 Å². The van der Waals surface area contributed by atoms with E-state index >= 15 is 0 Å². The molecule has 2 N–H and O–H groups in total. The van der Waals surface area contributed by atoms with E-state index in [-0.39, 0.29) is 5.15 Å². The molecule has 0 radical (unpaired) electrons. The molecule has 1 atom stereocenters. The van der Waals surface area contributed by atoms with E-state index in [1.807, 2.05) is 30.3 Å². The van der Waals surface area contributed by atoms with Gasteiger partial charge in [0.15, 0.2) is 16.4 Å². The number of nitrogens with one attached hydrogen (secondary N) is 2. The highest BCUT2D eigenvalue weighted by Gasteiger charge is 2.22. The van der Waals surface area contributed by atoms with Crippen molar-refractivity contribution >= 4 is 72.2 Å². The summed E-state index contributed by atoms with van der Waals surface area (Å²) in [5.74, 6) is -1.08. The lowest BCUT2D eigenvalue weighted by molar-refractivity contribution is -0.123. The molecule has 1 unspecified atom stereocenters. The lowest BCUT2D eigenvalue weighted by Gasteiger charge is -2.13. The van der Waals surface area contributed by atoms with E-state index in [2.05, 4.69) is 20.6 Å². The molecule has 10 heteroatoms. The van der Waals surface area contributed by atoms with Gasteiger partial charge in [-0.1, -0.05) is 41.1 Å². The standard InChI is InChI=1S/C20H15ClN4O3S2/c1-11(17(26)24-13-8-5-9-22-16(13)21)28-19(27)15-10-14-18(29-15)25-20(30-14)23-12-6-3-2-4-7-12/h2-11H,1H3,(H,23,25)(H,24,26). The zero-order valence-electron chi connectivity index (χ0n) is 15.6. The van der Waals surface area contributed by atoms with Gasteiger partial charge in [-0.3, -0.25) is 4.79 Å². The number of thiophene rings is 1. The Morgan fingerprint density at radius 3 is 2.67 bits per heavy atom. The van der Waals surface area contributed by atoms with E-state index in [0.29, 0.717) is 10.6 Å². The first-order chi connectivity index (χ1) is 14.5. The number of aromatic nitrogens is 2. The van der Waals surface area contributed by atoms with Gasteiger partial charge in [-0.15, -0.1) is 11.3 Å². The largest absolute Gasteiger partial charge is 0.448 e. The number of anilines is 3. The molecular formula is C20H15ClN4O3S2. The molecule has 30 heavy (non-hydrogen) atoms. The highest BCUT2D eigenvalue weighted by atomic mass is 35.5. The van der Waals surface area contributed by atoms with Crippen molar-refractivity contribution in [2.24, 2.45) is 0 Å². The molecule has 0 saturated heterocycles. The van der Waals surface area contributed by atoms with Crippen LogP contribution in [0.15, 0.2) is 54.7 Å². The van der Waals surface area contributed by atoms with E-state index < -0.39 is 18.0 Å². The fraction of sp³-hybridized carbons (Fsp3) is 0.100. The van der Waals surface area contributed by atoms with E-state index in [9.17, 15) is 9.59 Å². The number of para-hydroxylation sites is 1. The molecule has 152 valence electrons. The molecule has 0 saturated carbocycles. The van der Waals surface area contributed by atoms with Gasteiger partial charge in [-0.2, -0.15) is 0 Å². The Labute approximate surface area is 184 Å². The number of fused-ring (bicyclic) bond motifs is 1. The van der Waals surface area contributed by atoms with Crippen LogP contribution < -0.4 is 10.6 Å². The van der Waals surface area contributed by atoms with Gasteiger partial charge >= 0.3 is 5.97 Å². The van der Waals surface area contributed by atoms with Gasteiger partial charge in [0, 0.05) is 11.9 Å². The summed E-state index contributed by atoms with van der Waals surface area (Å²) in [5.41, 5.74) is 1.29. The Morgan fingerprint density at radius 1 is 1.13 bits per heavy atom. The Balaban J connectivity index is 1.39. The van der Waals surface area contributed by atoms with Crippen LogP contribution in [-0.4, -0.2) is 27.9 Å². The molecule has 0 fully saturated rings. The summed E-state index contributed by atoms with van der Waals surface area (Å²) in [6, 6.07) is 14.7. The molecule has 0 aliphatic heterocycles. The predicted molar refractivity (Wildman–Crippen MR) is 120 cm³/mol. The highest BCUT2D eigenvalue weighted by Crippen LogP contribution is 2.34. The maximum absolute atomic E-state index is 12.5. The van der Waals surface area contributed by atoms with Crippen molar-refractivity contribution in [3.63, 3.8) is 0 Å². The maximum atomic E-state index is 12.5. The van der Waals surface area contributed by atoms with Gasteiger partial charge in [0.1, 0.15) is 9.71 Å². The fourth-order valence-electron chi connectivity index (χ4n) is 2.52. The molecular weight excluding hydrogens is 444 g/mol. The van der Waals surface area contributed by atoms with Crippen molar-refractivity contribution in [2.45, 2.75) is 13.0 Å². The van der Waals surface area contributed by atoms with Crippen molar-refractivity contribution in [2.75, 3.05) is 10.6 Å². The van der Waals surface area contributed by atoms with E-state index in [4.69, 9.17) is 16.3 Å². The van der Waals surface area contributed by atoms with Crippen LogP contribution in [0.3, 0.4) is 0 Å². The Bertz CT molecular complexity index is 1180. The molecule has 0 aliphatic carbocycles. The van der Waals surface area contributed by atoms with Crippen LogP contribution in [-0.2, 0) is 9.53 Å². The fourth-order valence-corrected chi connectivity index (χ4v) is 4.71. The number of nitrogens with zero attached hydrogens (tertiary/aromatic N) is 2. The Kier molecular flexibility index (Phi) is 5.93. The second-order valence-corrected chi connectivity index (χ2v) is 8.59. The minimum Gasteiger partial charge on any atom is -0.448 e. The molecule has 4 aromatic rings. The molecule has 0 bridgehead atoms. The van der Waals surface area contributed by atoms with Crippen molar-refractivity contribution in [3.8, 4) is 0 Å². The van der Waals surface area contributed by atoms with Crippen molar-refractivity contribution < 1.29 is 14.3 Å². The number of carbonyl (C=O) groups is 2. The highest BCUT2D eigenvalue weighted by molar-refractivity contribution is 7.29. The third kappa shape index (κ3) is 4.59. The zero-order chi connectivity index (χ0) is 21.1. The summed E-state index contributed by atoms with van der Waals surface area (Å²) in [5, 5.41) is 6.73. The molecule has 1 aromatic carbocycles. The van der Waals surface area contributed by atoms with Gasteiger partial charge in [0.2, 0.25) is 0 Å². The van der Waals surface area contributed by atoms with Crippen LogP contribution in [0.25, 0.3) is 9.53 Å². The molecule has 4 rings (SSSR count). The molecule has 0 spiro atoms. The number of rotatable bonds is 6. The van der Waals surface area contributed by atoms with E-state index in [1.165, 1.54) is 35.8 Å². The van der Waals surface area contributed by atoms with Crippen molar-refractivity contribution in [1.29, 1.82) is 0 Å². The summed E-state index contributed by atoms with van der Waals surface area (Å²) in [4.78, 5) is 34.2. The predicted octanol–water partition coefficient (Wildman–Crippen LogP) is 5.33. The number of esters is 1. The minimum atomic E-state index is -1.00. The summed E-state index contributed by atoms with van der Waals surface area (Å²) in [7, 11) is 0. The van der Waals surface area contributed by atoms with Crippen LogP contribution in [0.4, 0.5) is 16.5 Å².